The zero-order valence-electron chi connectivity index (χ0n) is 10.1. The maximum Gasteiger partial charge on any atom is 0.259 e. The Morgan fingerprint density at radius 1 is 1.37 bits per heavy atom. The molecule has 2 aromatic rings. The summed E-state index contributed by atoms with van der Waals surface area (Å²) in [6.45, 7) is 1.77. The normalized spacial score (nSPS) is 10.3. The van der Waals surface area contributed by atoms with E-state index in [9.17, 15) is 9.18 Å². The summed E-state index contributed by atoms with van der Waals surface area (Å²) >= 11 is 5.70. The van der Waals surface area contributed by atoms with Crippen LogP contribution in [0.15, 0.2) is 30.5 Å². The Morgan fingerprint density at radius 2 is 2.11 bits per heavy atom. The van der Waals surface area contributed by atoms with Crippen molar-refractivity contribution in [2.45, 2.75) is 6.92 Å². The molecular weight excluding hydrogens is 269 g/mol. The van der Waals surface area contributed by atoms with Gasteiger partial charge in [0.2, 0.25) is 0 Å². The van der Waals surface area contributed by atoms with Gasteiger partial charge in [-0.1, -0.05) is 11.6 Å². The molecule has 1 aromatic heterocycles. The van der Waals surface area contributed by atoms with Gasteiger partial charge in [0.1, 0.15) is 5.82 Å². The van der Waals surface area contributed by atoms with Gasteiger partial charge in [-0.05, 0) is 31.2 Å². The van der Waals surface area contributed by atoms with Crippen LogP contribution in [0.2, 0.25) is 5.02 Å². The van der Waals surface area contributed by atoms with Crippen LogP contribution in [0.25, 0.3) is 0 Å². The number of nitrogens with zero attached hydrogens (tertiary/aromatic N) is 1. The molecule has 6 heteroatoms. The molecule has 1 aromatic carbocycles. The first kappa shape index (κ1) is 13.3. The minimum Gasteiger partial charge on any atom is -0.398 e. The number of rotatable bonds is 2. The van der Waals surface area contributed by atoms with Crippen LogP contribution in [0.1, 0.15) is 16.1 Å². The third-order valence-electron chi connectivity index (χ3n) is 2.44. The Morgan fingerprint density at radius 3 is 2.74 bits per heavy atom. The summed E-state index contributed by atoms with van der Waals surface area (Å²) in [5.74, 6) is -0.996. The average molecular weight is 280 g/mol. The van der Waals surface area contributed by atoms with Crippen LogP contribution in [0.5, 0.6) is 0 Å². The van der Waals surface area contributed by atoms with E-state index in [0.29, 0.717) is 11.4 Å². The first-order valence-electron chi connectivity index (χ1n) is 5.45. The number of carbonyl (C=O) groups is 1. The average Bonchev–Trinajstić information content (AvgIpc) is 2.26. The second-order valence-electron chi connectivity index (χ2n) is 4.03. The van der Waals surface area contributed by atoms with Crippen molar-refractivity contribution in [3.05, 3.63) is 52.6 Å². The molecular formula is C13H11ClFN3O. The number of nitrogens with one attached hydrogen (secondary N) is 1. The number of aryl methyl sites for hydroxylation is 1. The Labute approximate surface area is 114 Å². The number of halogens is 2. The number of nitrogens with two attached hydrogens (primary N) is 1. The van der Waals surface area contributed by atoms with E-state index in [4.69, 9.17) is 17.3 Å². The fourth-order valence-electron chi connectivity index (χ4n) is 1.60. The molecule has 0 saturated carbocycles. The summed E-state index contributed by atoms with van der Waals surface area (Å²) in [6.07, 6.45) is 1.38. The van der Waals surface area contributed by atoms with Crippen molar-refractivity contribution in [3.63, 3.8) is 0 Å². The SMILES string of the molecule is Cc1cc(N)c(C(=O)Nc2cc(F)cc(Cl)c2)cn1. The van der Waals surface area contributed by atoms with Crippen LogP contribution in [0.3, 0.4) is 0 Å². The van der Waals surface area contributed by atoms with E-state index in [2.05, 4.69) is 10.3 Å². The molecule has 0 radical (unpaired) electrons. The van der Waals surface area contributed by atoms with E-state index >= 15 is 0 Å². The smallest absolute Gasteiger partial charge is 0.259 e. The molecule has 1 heterocycles. The summed E-state index contributed by atoms with van der Waals surface area (Å²) in [7, 11) is 0. The van der Waals surface area contributed by atoms with E-state index in [0.717, 1.165) is 6.07 Å². The fraction of sp³-hybridized carbons (Fsp3) is 0.0769. The lowest BCUT2D eigenvalue weighted by atomic mass is 10.2. The van der Waals surface area contributed by atoms with E-state index < -0.39 is 11.7 Å². The van der Waals surface area contributed by atoms with Crippen molar-refractivity contribution < 1.29 is 9.18 Å². The summed E-state index contributed by atoms with van der Waals surface area (Å²) in [4.78, 5) is 16.0. The molecule has 0 aliphatic heterocycles. The van der Waals surface area contributed by atoms with E-state index in [1.165, 1.54) is 18.3 Å². The largest absolute Gasteiger partial charge is 0.398 e. The van der Waals surface area contributed by atoms with Gasteiger partial charge in [-0.3, -0.25) is 9.78 Å². The van der Waals surface area contributed by atoms with Gasteiger partial charge in [0, 0.05) is 28.3 Å². The standard InChI is InChI=1S/C13H11ClFN3O/c1-7-2-12(16)11(6-17-7)13(19)18-10-4-8(14)3-9(15)5-10/h2-6H,1H3,(H2,16,17)(H,18,19). The first-order chi connectivity index (χ1) is 8.95. The zero-order valence-corrected chi connectivity index (χ0v) is 10.8. The van der Waals surface area contributed by atoms with Crippen LogP contribution < -0.4 is 11.1 Å². The van der Waals surface area contributed by atoms with Crippen molar-refractivity contribution in [2.24, 2.45) is 0 Å². The summed E-state index contributed by atoms with van der Waals surface area (Å²) in [6, 6.07) is 5.36. The zero-order chi connectivity index (χ0) is 14.0. The highest BCUT2D eigenvalue weighted by Crippen LogP contribution is 2.20. The molecule has 0 spiro atoms. The van der Waals surface area contributed by atoms with Crippen LogP contribution >= 0.6 is 11.6 Å². The number of anilines is 2. The predicted octanol–water partition coefficient (Wildman–Crippen LogP) is 3.02. The van der Waals surface area contributed by atoms with Gasteiger partial charge >= 0.3 is 0 Å². The number of hydrogen-bond acceptors (Lipinski definition) is 3. The first-order valence-corrected chi connectivity index (χ1v) is 5.83. The molecule has 0 aliphatic rings. The number of aromatic nitrogens is 1. The van der Waals surface area contributed by atoms with Crippen LogP contribution in [-0.2, 0) is 0 Å². The Hall–Kier alpha value is -2.14. The lowest BCUT2D eigenvalue weighted by Gasteiger charge is -2.08. The number of hydrogen-bond donors (Lipinski definition) is 2. The highest BCUT2D eigenvalue weighted by molar-refractivity contribution is 6.31. The Balaban J connectivity index is 2.25. The maximum atomic E-state index is 13.1. The van der Waals surface area contributed by atoms with Gasteiger partial charge in [-0.15, -0.1) is 0 Å². The minimum atomic E-state index is -0.530. The monoisotopic (exact) mass is 279 g/mol. The van der Waals surface area contributed by atoms with Gasteiger partial charge in [-0.2, -0.15) is 0 Å². The molecule has 0 unspecified atom stereocenters. The van der Waals surface area contributed by atoms with Crippen LogP contribution in [0.4, 0.5) is 15.8 Å². The van der Waals surface area contributed by atoms with Crippen molar-refractivity contribution in [3.8, 4) is 0 Å². The lowest BCUT2D eigenvalue weighted by Crippen LogP contribution is -2.14. The molecule has 0 atom stereocenters. The minimum absolute atomic E-state index is 0.199. The van der Waals surface area contributed by atoms with Gasteiger partial charge in [0.25, 0.3) is 5.91 Å². The van der Waals surface area contributed by atoms with Crippen molar-refractivity contribution in [1.82, 2.24) is 4.98 Å². The summed E-state index contributed by atoms with van der Waals surface area (Å²) in [5.41, 5.74) is 7.25. The quantitative estimate of drug-likeness (QED) is 0.888. The third-order valence-corrected chi connectivity index (χ3v) is 2.66. The molecule has 2 rings (SSSR count). The van der Waals surface area contributed by atoms with Gasteiger partial charge < -0.3 is 11.1 Å². The topological polar surface area (TPSA) is 68.0 Å². The van der Waals surface area contributed by atoms with Gasteiger partial charge in [0.15, 0.2) is 0 Å². The number of amides is 1. The second-order valence-corrected chi connectivity index (χ2v) is 4.46. The van der Waals surface area contributed by atoms with Crippen LogP contribution in [0, 0.1) is 12.7 Å². The molecule has 0 aliphatic carbocycles. The number of pyridine rings is 1. The van der Waals surface area contributed by atoms with E-state index in [-0.39, 0.29) is 16.3 Å². The summed E-state index contributed by atoms with van der Waals surface area (Å²) in [5, 5.41) is 2.72. The van der Waals surface area contributed by atoms with E-state index in [1.54, 1.807) is 13.0 Å². The molecule has 4 nitrogen and oxygen atoms in total. The Kier molecular flexibility index (Phi) is 3.66. The summed E-state index contributed by atoms with van der Waals surface area (Å²) < 4.78 is 13.1. The number of carbonyl (C=O) groups excluding carboxylic acids is 1. The van der Waals surface area contributed by atoms with Crippen molar-refractivity contribution >= 4 is 28.9 Å². The van der Waals surface area contributed by atoms with Crippen LogP contribution in [-0.4, -0.2) is 10.9 Å². The number of nitrogen functional groups attached to an aromatic ring is 1. The third kappa shape index (κ3) is 3.20. The highest BCUT2D eigenvalue weighted by atomic mass is 35.5. The molecule has 0 saturated heterocycles. The molecule has 3 N–H and O–H groups in total. The van der Waals surface area contributed by atoms with E-state index in [1.807, 2.05) is 0 Å². The second kappa shape index (κ2) is 5.24. The number of benzene rings is 1. The van der Waals surface area contributed by atoms with Crippen molar-refractivity contribution in [2.75, 3.05) is 11.1 Å². The molecule has 1 amide bonds. The maximum absolute atomic E-state index is 13.1. The highest BCUT2D eigenvalue weighted by Gasteiger charge is 2.11. The Bertz CT molecular complexity index is 626. The molecule has 0 bridgehead atoms. The molecule has 98 valence electrons. The van der Waals surface area contributed by atoms with Gasteiger partial charge in [0.05, 0.1) is 5.56 Å². The molecule has 19 heavy (non-hydrogen) atoms. The molecule has 0 fully saturated rings. The van der Waals surface area contributed by atoms with Gasteiger partial charge in [-0.25, -0.2) is 4.39 Å². The van der Waals surface area contributed by atoms with Crippen molar-refractivity contribution in [1.29, 1.82) is 0 Å². The lowest BCUT2D eigenvalue weighted by molar-refractivity contribution is 0.102. The fourth-order valence-corrected chi connectivity index (χ4v) is 1.82. The predicted molar refractivity (Wildman–Crippen MR) is 72.7 cm³/mol.